The number of nitrogens with zero attached hydrogens (tertiary/aromatic N) is 1. The summed E-state index contributed by atoms with van der Waals surface area (Å²) in [5.74, 6) is 0.118. The highest BCUT2D eigenvalue weighted by Crippen LogP contribution is 2.36. The van der Waals surface area contributed by atoms with Gasteiger partial charge in [-0.05, 0) is 42.2 Å². The summed E-state index contributed by atoms with van der Waals surface area (Å²) in [6.45, 7) is 0. The number of carboxylic acids is 1. The van der Waals surface area contributed by atoms with Crippen molar-refractivity contribution in [1.29, 1.82) is 0 Å². The number of fused-ring (bicyclic) bond motifs is 1. The molecule has 30 heavy (non-hydrogen) atoms. The topological polar surface area (TPSA) is 95.4 Å². The van der Waals surface area contributed by atoms with Crippen LogP contribution in [0, 0.1) is 0 Å². The first-order chi connectivity index (χ1) is 14.6. The van der Waals surface area contributed by atoms with E-state index in [1.165, 1.54) is 0 Å². The molecule has 152 valence electrons. The number of carboxylic acid groups (broad SMARTS) is 1. The van der Waals surface area contributed by atoms with Crippen LogP contribution in [-0.4, -0.2) is 33.3 Å². The Labute approximate surface area is 173 Å². The maximum Gasteiger partial charge on any atom is 0.303 e. The lowest BCUT2D eigenvalue weighted by Gasteiger charge is -2.09. The molecule has 0 amide bonds. The molecule has 0 atom stereocenters. The zero-order valence-electron chi connectivity index (χ0n) is 16.6. The number of methoxy groups -OCH3 is 1. The second-order valence-electron chi connectivity index (χ2n) is 7.11. The van der Waals surface area contributed by atoms with Crippen molar-refractivity contribution >= 4 is 17.0 Å². The third kappa shape index (κ3) is 3.85. The molecular weight excluding hydrogens is 380 g/mol. The first-order valence-corrected chi connectivity index (χ1v) is 9.71. The predicted octanol–water partition coefficient (Wildman–Crippen LogP) is 5.02. The molecule has 6 nitrogen and oxygen atoms in total. The van der Waals surface area contributed by atoms with Gasteiger partial charge in [0.2, 0.25) is 0 Å². The van der Waals surface area contributed by atoms with Crippen LogP contribution in [0.1, 0.15) is 18.4 Å². The molecule has 2 aromatic carbocycles. The Kier molecular flexibility index (Phi) is 5.39. The van der Waals surface area contributed by atoms with E-state index >= 15 is 0 Å². The Morgan fingerprint density at radius 1 is 1.10 bits per heavy atom. The molecule has 2 aromatic heterocycles. The smallest absolute Gasteiger partial charge is 0.303 e. The summed E-state index contributed by atoms with van der Waals surface area (Å²) < 4.78 is 5.50. The van der Waals surface area contributed by atoms with E-state index in [0.29, 0.717) is 12.8 Å². The van der Waals surface area contributed by atoms with Gasteiger partial charge in [0.05, 0.1) is 7.11 Å². The van der Waals surface area contributed by atoms with Crippen LogP contribution in [-0.2, 0) is 11.2 Å². The van der Waals surface area contributed by atoms with Crippen LogP contribution in [0.2, 0.25) is 0 Å². The van der Waals surface area contributed by atoms with E-state index < -0.39 is 5.97 Å². The highest BCUT2D eigenvalue weighted by atomic mass is 16.5. The van der Waals surface area contributed by atoms with Crippen molar-refractivity contribution in [1.82, 2.24) is 9.97 Å². The summed E-state index contributed by atoms with van der Waals surface area (Å²) in [6, 6.07) is 15.3. The zero-order chi connectivity index (χ0) is 21.1. The standard InChI is InChI=1S/C24H22N2O4/c1-30-22-7-3-2-6-18(22)20-14-26-24-19(20)11-17(13-25-24)16-10-9-15(21(27)12-16)5-4-8-23(28)29/h2-3,6-7,9-14,27H,4-5,8H2,1H3,(H,25,26)(H,28,29). The SMILES string of the molecule is COc1ccccc1-c1c[nH]c2ncc(-c3ccc(CCCC(=O)O)c(O)c3)cc12. The Balaban J connectivity index is 1.69. The fourth-order valence-corrected chi connectivity index (χ4v) is 3.64. The highest BCUT2D eigenvalue weighted by Gasteiger charge is 2.13. The maximum atomic E-state index is 10.7. The number of aromatic hydroxyl groups is 1. The van der Waals surface area contributed by atoms with Crippen LogP contribution in [0.5, 0.6) is 11.5 Å². The number of para-hydroxylation sites is 1. The monoisotopic (exact) mass is 402 g/mol. The summed E-state index contributed by atoms with van der Waals surface area (Å²) in [4.78, 5) is 18.4. The molecule has 0 aliphatic rings. The molecule has 6 heteroatoms. The van der Waals surface area contributed by atoms with Crippen molar-refractivity contribution in [3.63, 3.8) is 0 Å². The van der Waals surface area contributed by atoms with Crippen LogP contribution in [0.15, 0.2) is 60.9 Å². The van der Waals surface area contributed by atoms with E-state index in [2.05, 4.69) is 9.97 Å². The molecule has 4 aromatic rings. The van der Waals surface area contributed by atoms with Crippen molar-refractivity contribution in [2.75, 3.05) is 7.11 Å². The Morgan fingerprint density at radius 3 is 2.70 bits per heavy atom. The van der Waals surface area contributed by atoms with E-state index in [1.807, 2.05) is 48.7 Å². The molecular formula is C24H22N2O4. The minimum atomic E-state index is -0.831. The first-order valence-electron chi connectivity index (χ1n) is 9.71. The Morgan fingerprint density at radius 2 is 1.93 bits per heavy atom. The molecule has 0 aliphatic heterocycles. The largest absolute Gasteiger partial charge is 0.508 e. The minimum Gasteiger partial charge on any atom is -0.508 e. The van der Waals surface area contributed by atoms with Gasteiger partial charge in [-0.15, -0.1) is 0 Å². The molecule has 3 N–H and O–H groups in total. The fraction of sp³-hybridized carbons (Fsp3) is 0.167. The number of benzene rings is 2. The second kappa shape index (κ2) is 8.29. The van der Waals surface area contributed by atoms with Crippen molar-refractivity contribution in [2.45, 2.75) is 19.3 Å². The number of ether oxygens (including phenoxy) is 1. The fourth-order valence-electron chi connectivity index (χ4n) is 3.64. The van der Waals surface area contributed by atoms with Crippen LogP contribution in [0.25, 0.3) is 33.3 Å². The average Bonchev–Trinajstić information content (AvgIpc) is 3.17. The summed E-state index contributed by atoms with van der Waals surface area (Å²) in [5, 5.41) is 20.1. The number of hydrogen-bond donors (Lipinski definition) is 3. The molecule has 2 heterocycles. The summed E-state index contributed by atoms with van der Waals surface area (Å²) in [5.41, 5.74) is 5.20. The molecule has 0 aliphatic carbocycles. The number of aromatic nitrogens is 2. The van der Waals surface area contributed by atoms with Gasteiger partial charge in [0.15, 0.2) is 0 Å². The van der Waals surface area contributed by atoms with E-state index in [0.717, 1.165) is 44.6 Å². The van der Waals surface area contributed by atoms with Gasteiger partial charge in [-0.2, -0.15) is 0 Å². The number of carbonyl (C=O) groups is 1. The zero-order valence-corrected chi connectivity index (χ0v) is 16.6. The number of aromatic amines is 1. The number of nitrogens with one attached hydrogen (secondary N) is 1. The second-order valence-corrected chi connectivity index (χ2v) is 7.11. The first kappa shape index (κ1) is 19.5. The lowest BCUT2D eigenvalue weighted by molar-refractivity contribution is -0.137. The molecule has 0 saturated heterocycles. The van der Waals surface area contributed by atoms with Crippen LogP contribution in [0.3, 0.4) is 0 Å². The number of aryl methyl sites for hydroxylation is 1. The van der Waals surface area contributed by atoms with Crippen molar-refractivity contribution in [3.8, 4) is 33.8 Å². The molecule has 0 saturated carbocycles. The third-order valence-electron chi connectivity index (χ3n) is 5.18. The third-order valence-corrected chi connectivity index (χ3v) is 5.18. The van der Waals surface area contributed by atoms with Gasteiger partial charge in [0.25, 0.3) is 0 Å². The maximum absolute atomic E-state index is 10.7. The van der Waals surface area contributed by atoms with E-state index in [4.69, 9.17) is 9.84 Å². The summed E-state index contributed by atoms with van der Waals surface area (Å²) in [7, 11) is 1.65. The molecule has 0 fully saturated rings. The number of rotatable bonds is 7. The molecule has 0 spiro atoms. The normalized spacial score (nSPS) is 11.0. The van der Waals surface area contributed by atoms with Gasteiger partial charge in [-0.3, -0.25) is 4.79 Å². The highest BCUT2D eigenvalue weighted by molar-refractivity contribution is 5.97. The summed E-state index contributed by atoms with van der Waals surface area (Å²) >= 11 is 0. The van der Waals surface area contributed by atoms with E-state index in [9.17, 15) is 9.90 Å². The lowest BCUT2D eigenvalue weighted by atomic mass is 9.99. The average molecular weight is 402 g/mol. The number of phenols is 1. The predicted molar refractivity (Wildman–Crippen MR) is 116 cm³/mol. The molecule has 4 rings (SSSR count). The molecule has 0 bridgehead atoms. The Bertz CT molecular complexity index is 1210. The number of pyridine rings is 1. The van der Waals surface area contributed by atoms with E-state index in [-0.39, 0.29) is 12.2 Å². The number of H-pyrrole nitrogens is 1. The minimum absolute atomic E-state index is 0.0843. The van der Waals surface area contributed by atoms with Gasteiger partial charge >= 0.3 is 5.97 Å². The van der Waals surface area contributed by atoms with E-state index in [1.54, 1.807) is 19.4 Å². The number of hydrogen-bond acceptors (Lipinski definition) is 4. The van der Waals surface area contributed by atoms with Gasteiger partial charge in [0.1, 0.15) is 17.1 Å². The lowest BCUT2D eigenvalue weighted by Crippen LogP contribution is -1.96. The van der Waals surface area contributed by atoms with Crippen molar-refractivity contribution < 1.29 is 19.7 Å². The number of aliphatic carboxylic acids is 1. The van der Waals surface area contributed by atoms with Gasteiger partial charge in [-0.1, -0.05) is 30.3 Å². The molecule has 0 unspecified atom stereocenters. The van der Waals surface area contributed by atoms with Gasteiger partial charge in [0, 0.05) is 40.9 Å². The van der Waals surface area contributed by atoms with Gasteiger partial charge < -0.3 is 19.9 Å². The van der Waals surface area contributed by atoms with Crippen molar-refractivity contribution in [3.05, 3.63) is 66.5 Å². The quantitative estimate of drug-likeness (QED) is 0.403. The summed E-state index contributed by atoms with van der Waals surface area (Å²) in [6.07, 6.45) is 4.78. The number of phenolic OH excluding ortho intramolecular Hbond substituents is 1. The van der Waals surface area contributed by atoms with Crippen LogP contribution in [0.4, 0.5) is 0 Å². The van der Waals surface area contributed by atoms with Crippen LogP contribution >= 0.6 is 0 Å². The Hall–Kier alpha value is -3.80. The van der Waals surface area contributed by atoms with Crippen molar-refractivity contribution in [2.24, 2.45) is 0 Å². The molecule has 0 radical (unpaired) electrons. The van der Waals surface area contributed by atoms with Crippen LogP contribution < -0.4 is 4.74 Å². The van der Waals surface area contributed by atoms with Gasteiger partial charge in [-0.25, -0.2) is 4.98 Å².